The van der Waals surface area contributed by atoms with Crippen LogP contribution in [0.15, 0.2) is 30.3 Å². The van der Waals surface area contributed by atoms with Gasteiger partial charge in [-0.3, -0.25) is 14.5 Å². The fourth-order valence-electron chi connectivity index (χ4n) is 6.52. The second-order valence-electron chi connectivity index (χ2n) is 9.87. The number of fused-ring (bicyclic) bond motifs is 1. The van der Waals surface area contributed by atoms with Crippen LogP contribution < -0.4 is 5.32 Å². The minimum Gasteiger partial charge on any atom is -0.350 e. The molecule has 1 N–H and O–H groups in total. The van der Waals surface area contributed by atoms with Gasteiger partial charge in [0.2, 0.25) is 5.91 Å². The van der Waals surface area contributed by atoms with Gasteiger partial charge in [-0.2, -0.15) is 0 Å². The van der Waals surface area contributed by atoms with Crippen molar-refractivity contribution in [2.45, 2.75) is 88.4 Å². The molecule has 0 spiro atoms. The lowest BCUT2D eigenvalue weighted by Gasteiger charge is -2.34. The van der Waals surface area contributed by atoms with Crippen molar-refractivity contribution in [2.24, 2.45) is 5.92 Å². The molecule has 1 aromatic rings. The quantitative estimate of drug-likeness (QED) is 0.827. The molecule has 0 aromatic heterocycles. The highest BCUT2D eigenvalue weighted by Gasteiger charge is 2.48. The van der Waals surface area contributed by atoms with Crippen molar-refractivity contribution in [3.8, 4) is 0 Å². The molecule has 2 saturated carbocycles. The van der Waals surface area contributed by atoms with E-state index in [0.29, 0.717) is 11.5 Å². The lowest BCUT2D eigenvalue weighted by atomic mass is 9.84. The summed E-state index contributed by atoms with van der Waals surface area (Å²) in [5.74, 6) is 0.580. The maximum atomic E-state index is 13.4. The number of carbonyl (C=O) groups excluding carboxylic acids is 2. The molecule has 0 bridgehead atoms. The first kappa shape index (κ1) is 20.0. The van der Waals surface area contributed by atoms with Crippen LogP contribution in [0.25, 0.3) is 0 Å². The largest absolute Gasteiger partial charge is 0.350 e. The van der Waals surface area contributed by atoms with Gasteiger partial charge < -0.3 is 10.2 Å². The molecule has 2 aliphatic heterocycles. The lowest BCUT2D eigenvalue weighted by molar-refractivity contribution is -0.125. The number of amides is 2. The van der Waals surface area contributed by atoms with Gasteiger partial charge in [-0.05, 0) is 56.6 Å². The van der Waals surface area contributed by atoms with Crippen molar-refractivity contribution in [2.75, 3.05) is 13.1 Å². The smallest absolute Gasteiger partial charge is 0.254 e. The molecule has 2 saturated heterocycles. The second-order valence-corrected chi connectivity index (χ2v) is 9.87. The number of hydrogen-bond acceptors (Lipinski definition) is 3. The van der Waals surface area contributed by atoms with Crippen LogP contribution >= 0.6 is 0 Å². The summed E-state index contributed by atoms with van der Waals surface area (Å²) in [5, 5.41) is 3.35. The zero-order chi connectivity index (χ0) is 20.5. The van der Waals surface area contributed by atoms with Crippen LogP contribution in [0.4, 0.5) is 0 Å². The van der Waals surface area contributed by atoms with Gasteiger partial charge in [0.25, 0.3) is 5.91 Å². The summed E-state index contributed by atoms with van der Waals surface area (Å²) >= 11 is 0. The number of hydrogen-bond donors (Lipinski definition) is 1. The zero-order valence-electron chi connectivity index (χ0n) is 18.0. The van der Waals surface area contributed by atoms with Crippen LogP contribution in [0.5, 0.6) is 0 Å². The predicted octanol–water partition coefficient (Wildman–Crippen LogP) is 3.59. The number of benzene rings is 1. The zero-order valence-corrected chi connectivity index (χ0v) is 18.0. The van der Waals surface area contributed by atoms with Crippen LogP contribution in [0, 0.1) is 5.92 Å². The highest BCUT2D eigenvalue weighted by Crippen LogP contribution is 2.40. The molecule has 162 valence electrons. The minimum atomic E-state index is -0.314. The topological polar surface area (TPSA) is 52.7 Å². The average Bonchev–Trinajstić information content (AvgIpc) is 3.53. The molecule has 4 atom stereocenters. The molecule has 2 aliphatic carbocycles. The van der Waals surface area contributed by atoms with E-state index in [1.165, 1.54) is 32.1 Å². The summed E-state index contributed by atoms with van der Waals surface area (Å²) in [6, 6.07) is 10.4. The number of likely N-dealkylation sites (tertiary alicyclic amines) is 2. The summed E-state index contributed by atoms with van der Waals surface area (Å²) in [6.45, 7) is 2.07. The Labute approximate surface area is 180 Å². The molecular formula is C25H35N3O2. The van der Waals surface area contributed by atoms with Crippen molar-refractivity contribution in [1.82, 2.24) is 15.1 Å². The maximum Gasteiger partial charge on any atom is 0.254 e. The van der Waals surface area contributed by atoms with Crippen LogP contribution in [0.1, 0.15) is 74.6 Å². The van der Waals surface area contributed by atoms with Gasteiger partial charge in [0.05, 0.1) is 0 Å². The highest BCUT2D eigenvalue weighted by atomic mass is 16.2. The Morgan fingerprint density at radius 2 is 1.63 bits per heavy atom. The molecule has 4 unspecified atom stereocenters. The van der Waals surface area contributed by atoms with E-state index in [4.69, 9.17) is 0 Å². The third kappa shape index (κ3) is 3.89. The van der Waals surface area contributed by atoms with E-state index in [9.17, 15) is 9.59 Å². The molecule has 1 aromatic carbocycles. The molecule has 5 rings (SSSR count). The van der Waals surface area contributed by atoms with Crippen molar-refractivity contribution in [3.05, 3.63) is 35.9 Å². The Morgan fingerprint density at radius 1 is 0.900 bits per heavy atom. The van der Waals surface area contributed by atoms with Gasteiger partial charge in [-0.15, -0.1) is 0 Å². The van der Waals surface area contributed by atoms with Crippen molar-refractivity contribution in [3.63, 3.8) is 0 Å². The third-order valence-electron chi connectivity index (χ3n) is 8.05. The standard InChI is InChI=1S/C25H35N3O2/c29-24(26-20-14-15-27(17-20)21-11-5-6-12-21)23-16-19-10-4-7-13-22(19)28(23)25(30)18-8-2-1-3-9-18/h1-3,8-9,19-23H,4-7,10-17H2,(H,26,29). The Hall–Kier alpha value is -1.88. The van der Waals surface area contributed by atoms with Gasteiger partial charge in [-0.25, -0.2) is 0 Å². The molecule has 30 heavy (non-hydrogen) atoms. The van der Waals surface area contributed by atoms with Crippen molar-refractivity contribution >= 4 is 11.8 Å². The van der Waals surface area contributed by atoms with E-state index in [0.717, 1.165) is 51.2 Å². The number of carbonyl (C=O) groups is 2. The average molecular weight is 410 g/mol. The molecule has 5 nitrogen and oxygen atoms in total. The Balaban J connectivity index is 1.29. The Bertz CT molecular complexity index is 761. The predicted molar refractivity (Wildman–Crippen MR) is 117 cm³/mol. The normalized spacial score (nSPS) is 32.3. The summed E-state index contributed by atoms with van der Waals surface area (Å²) in [4.78, 5) is 31.4. The highest BCUT2D eigenvalue weighted by molar-refractivity contribution is 5.98. The molecular weight excluding hydrogens is 374 g/mol. The van der Waals surface area contributed by atoms with E-state index in [2.05, 4.69) is 10.2 Å². The molecule has 4 aliphatic rings. The van der Waals surface area contributed by atoms with Gasteiger partial charge in [0.15, 0.2) is 0 Å². The summed E-state index contributed by atoms with van der Waals surface area (Å²) < 4.78 is 0. The van der Waals surface area contributed by atoms with Crippen LogP contribution in [-0.4, -0.2) is 58.9 Å². The Morgan fingerprint density at radius 3 is 2.43 bits per heavy atom. The first-order valence-electron chi connectivity index (χ1n) is 12.1. The summed E-state index contributed by atoms with van der Waals surface area (Å²) in [7, 11) is 0. The monoisotopic (exact) mass is 409 g/mol. The number of nitrogens with zero attached hydrogens (tertiary/aromatic N) is 2. The maximum absolute atomic E-state index is 13.4. The van der Waals surface area contributed by atoms with Crippen LogP contribution in [-0.2, 0) is 4.79 Å². The first-order chi connectivity index (χ1) is 14.7. The first-order valence-corrected chi connectivity index (χ1v) is 12.1. The van der Waals surface area contributed by atoms with Gasteiger partial charge in [-0.1, -0.05) is 43.9 Å². The minimum absolute atomic E-state index is 0.0316. The molecule has 0 radical (unpaired) electrons. The van der Waals surface area contributed by atoms with Gasteiger partial charge in [0.1, 0.15) is 6.04 Å². The van der Waals surface area contributed by atoms with Gasteiger partial charge >= 0.3 is 0 Å². The van der Waals surface area contributed by atoms with Crippen molar-refractivity contribution < 1.29 is 9.59 Å². The molecule has 2 heterocycles. The van der Waals surface area contributed by atoms with E-state index < -0.39 is 0 Å². The lowest BCUT2D eigenvalue weighted by Crippen LogP contribution is -2.52. The molecule has 2 amide bonds. The number of rotatable bonds is 4. The summed E-state index contributed by atoms with van der Waals surface area (Å²) in [6.07, 6.45) is 11.7. The van der Waals surface area contributed by atoms with E-state index in [1.54, 1.807) is 0 Å². The van der Waals surface area contributed by atoms with E-state index in [-0.39, 0.29) is 29.9 Å². The van der Waals surface area contributed by atoms with Crippen LogP contribution in [0.2, 0.25) is 0 Å². The summed E-state index contributed by atoms with van der Waals surface area (Å²) in [5.41, 5.74) is 0.704. The molecule has 5 heteroatoms. The van der Waals surface area contributed by atoms with E-state index in [1.807, 2.05) is 35.2 Å². The van der Waals surface area contributed by atoms with E-state index >= 15 is 0 Å². The fraction of sp³-hybridized carbons (Fsp3) is 0.680. The van der Waals surface area contributed by atoms with Crippen molar-refractivity contribution in [1.29, 1.82) is 0 Å². The second kappa shape index (κ2) is 8.70. The molecule has 4 fully saturated rings. The third-order valence-corrected chi connectivity index (χ3v) is 8.05. The van der Waals surface area contributed by atoms with Gasteiger partial charge in [0, 0.05) is 36.8 Å². The van der Waals surface area contributed by atoms with Crippen LogP contribution in [0.3, 0.4) is 0 Å². The number of nitrogens with one attached hydrogen (secondary N) is 1. The fourth-order valence-corrected chi connectivity index (χ4v) is 6.52. The SMILES string of the molecule is O=C(NC1CCN(C2CCCC2)C1)C1CC2CCCCC2N1C(=O)c1ccccc1. The Kier molecular flexibility index (Phi) is 5.81.